The lowest BCUT2D eigenvalue weighted by atomic mass is 10.2. The molecule has 0 fully saturated rings. The normalized spacial score (nSPS) is 11.5. The SMILES string of the molecule is C=CCN(Cc1sc(-c2ccccc2)nc1C)S(=O)(=O)c1ccc(OC)cc1. The second-order valence-electron chi connectivity index (χ2n) is 6.16. The molecule has 0 aliphatic heterocycles. The minimum absolute atomic E-state index is 0.215. The van der Waals surface area contributed by atoms with Crippen molar-refractivity contribution < 1.29 is 13.2 Å². The monoisotopic (exact) mass is 414 g/mol. The van der Waals surface area contributed by atoms with Crippen molar-refractivity contribution in [3.05, 3.63) is 77.8 Å². The summed E-state index contributed by atoms with van der Waals surface area (Å²) >= 11 is 1.51. The van der Waals surface area contributed by atoms with Crippen LogP contribution in [0, 0.1) is 6.92 Å². The van der Waals surface area contributed by atoms with Gasteiger partial charge >= 0.3 is 0 Å². The largest absolute Gasteiger partial charge is 0.497 e. The van der Waals surface area contributed by atoms with Gasteiger partial charge in [-0.15, -0.1) is 17.9 Å². The molecule has 7 heteroatoms. The molecular formula is C21H22N2O3S2. The minimum atomic E-state index is -3.67. The van der Waals surface area contributed by atoms with Gasteiger partial charge in [0.15, 0.2) is 0 Å². The summed E-state index contributed by atoms with van der Waals surface area (Å²) in [7, 11) is -2.13. The first-order valence-corrected chi connectivity index (χ1v) is 11.0. The van der Waals surface area contributed by atoms with Crippen LogP contribution in [0.15, 0.2) is 72.1 Å². The highest BCUT2D eigenvalue weighted by molar-refractivity contribution is 7.89. The molecule has 0 aliphatic carbocycles. The molecule has 1 heterocycles. The maximum absolute atomic E-state index is 13.1. The number of ether oxygens (including phenoxy) is 1. The maximum Gasteiger partial charge on any atom is 0.243 e. The van der Waals surface area contributed by atoms with Gasteiger partial charge in [-0.1, -0.05) is 36.4 Å². The summed E-state index contributed by atoms with van der Waals surface area (Å²) in [5.74, 6) is 0.611. The van der Waals surface area contributed by atoms with E-state index in [-0.39, 0.29) is 18.0 Å². The van der Waals surface area contributed by atoms with Crippen molar-refractivity contribution in [1.29, 1.82) is 0 Å². The molecule has 3 rings (SSSR count). The van der Waals surface area contributed by atoms with Gasteiger partial charge in [0.1, 0.15) is 10.8 Å². The Kier molecular flexibility index (Phi) is 6.28. The average molecular weight is 415 g/mol. The van der Waals surface area contributed by atoms with Gasteiger partial charge in [-0.05, 0) is 31.2 Å². The minimum Gasteiger partial charge on any atom is -0.497 e. The number of hydrogen-bond donors (Lipinski definition) is 0. The van der Waals surface area contributed by atoms with Crippen molar-refractivity contribution in [3.63, 3.8) is 0 Å². The van der Waals surface area contributed by atoms with E-state index in [1.54, 1.807) is 37.5 Å². The Hall–Kier alpha value is -2.48. The highest BCUT2D eigenvalue weighted by atomic mass is 32.2. The van der Waals surface area contributed by atoms with E-state index in [0.717, 1.165) is 21.1 Å². The third kappa shape index (κ3) is 4.32. The van der Waals surface area contributed by atoms with Crippen LogP contribution in [0.4, 0.5) is 0 Å². The van der Waals surface area contributed by atoms with Crippen LogP contribution in [-0.2, 0) is 16.6 Å². The molecule has 0 aliphatic rings. The molecule has 0 N–H and O–H groups in total. The lowest BCUT2D eigenvalue weighted by Crippen LogP contribution is -2.30. The first-order chi connectivity index (χ1) is 13.5. The van der Waals surface area contributed by atoms with Gasteiger partial charge in [0.05, 0.1) is 24.2 Å². The Morgan fingerprint density at radius 1 is 1.14 bits per heavy atom. The Morgan fingerprint density at radius 2 is 1.82 bits per heavy atom. The van der Waals surface area contributed by atoms with Crippen LogP contribution >= 0.6 is 11.3 Å². The second kappa shape index (κ2) is 8.68. The zero-order chi connectivity index (χ0) is 20.1. The molecular weight excluding hydrogens is 392 g/mol. The highest BCUT2D eigenvalue weighted by Crippen LogP contribution is 2.30. The summed E-state index contributed by atoms with van der Waals surface area (Å²) in [6, 6.07) is 16.3. The van der Waals surface area contributed by atoms with Crippen molar-refractivity contribution in [2.24, 2.45) is 0 Å². The van der Waals surface area contributed by atoms with Crippen molar-refractivity contribution in [2.75, 3.05) is 13.7 Å². The lowest BCUT2D eigenvalue weighted by molar-refractivity contribution is 0.414. The van der Waals surface area contributed by atoms with Gasteiger partial charge in [-0.25, -0.2) is 13.4 Å². The molecule has 28 heavy (non-hydrogen) atoms. The van der Waals surface area contributed by atoms with E-state index in [2.05, 4.69) is 11.6 Å². The van der Waals surface area contributed by atoms with Crippen molar-refractivity contribution >= 4 is 21.4 Å². The summed E-state index contributed by atoms with van der Waals surface area (Å²) < 4.78 is 32.8. The number of rotatable bonds is 8. The van der Waals surface area contributed by atoms with Gasteiger partial charge in [0.2, 0.25) is 10.0 Å². The maximum atomic E-state index is 13.1. The molecule has 0 saturated heterocycles. The number of thiazole rings is 1. The van der Waals surface area contributed by atoms with Crippen molar-refractivity contribution in [3.8, 4) is 16.3 Å². The van der Waals surface area contributed by atoms with Crippen LogP contribution in [-0.4, -0.2) is 31.4 Å². The first-order valence-electron chi connectivity index (χ1n) is 8.72. The standard InChI is InChI=1S/C21H22N2O3S2/c1-4-14-23(28(24,25)19-12-10-18(26-3)11-13-19)15-20-16(2)22-21(27-20)17-8-6-5-7-9-17/h4-13H,1,14-15H2,2-3H3. The van der Waals surface area contributed by atoms with E-state index in [1.807, 2.05) is 37.3 Å². The molecule has 3 aromatic rings. The number of aryl methyl sites for hydroxylation is 1. The Balaban J connectivity index is 1.90. The fourth-order valence-electron chi connectivity index (χ4n) is 2.73. The molecule has 1 aromatic heterocycles. The first kappa shape index (κ1) is 20.3. The molecule has 0 saturated carbocycles. The number of methoxy groups -OCH3 is 1. The van der Waals surface area contributed by atoms with Crippen molar-refractivity contribution in [1.82, 2.24) is 9.29 Å². The van der Waals surface area contributed by atoms with E-state index in [9.17, 15) is 8.42 Å². The fourth-order valence-corrected chi connectivity index (χ4v) is 5.27. The third-order valence-corrected chi connectivity index (χ3v) is 7.28. The van der Waals surface area contributed by atoms with Crippen LogP contribution in [0.3, 0.4) is 0 Å². The van der Waals surface area contributed by atoms with Crippen LogP contribution in [0.5, 0.6) is 5.75 Å². The smallest absolute Gasteiger partial charge is 0.243 e. The summed E-state index contributed by atoms with van der Waals surface area (Å²) in [5.41, 5.74) is 1.86. The zero-order valence-electron chi connectivity index (χ0n) is 15.8. The Labute approximate surface area is 170 Å². The summed E-state index contributed by atoms with van der Waals surface area (Å²) in [6.45, 7) is 6.08. The predicted octanol–water partition coefficient (Wildman–Crippen LogP) is 4.50. The predicted molar refractivity (Wildman–Crippen MR) is 113 cm³/mol. The van der Waals surface area contributed by atoms with Crippen LogP contribution in [0.25, 0.3) is 10.6 Å². The van der Waals surface area contributed by atoms with Gasteiger partial charge in [-0.2, -0.15) is 4.31 Å². The van der Waals surface area contributed by atoms with Gasteiger partial charge in [0, 0.05) is 17.0 Å². The number of sulfonamides is 1. The highest BCUT2D eigenvalue weighted by Gasteiger charge is 2.25. The van der Waals surface area contributed by atoms with E-state index >= 15 is 0 Å². The average Bonchev–Trinajstić information content (AvgIpc) is 3.09. The summed E-state index contributed by atoms with van der Waals surface area (Å²) in [4.78, 5) is 5.76. The molecule has 0 atom stereocenters. The van der Waals surface area contributed by atoms with Crippen molar-refractivity contribution in [2.45, 2.75) is 18.4 Å². The van der Waals surface area contributed by atoms with Gasteiger partial charge in [0.25, 0.3) is 0 Å². The Bertz CT molecular complexity index is 1040. The number of aromatic nitrogens is 1. The third-order valence-electron chi connectivity index (χ3n) is 4.26. The van der Waals surface area contributed by atoms with E-state index in [4.69, 9.17) is 4.74 Å². The molecule has 5 nitrogen and oxygen atoms in total. The number of hydrogen-bond acceptors (Lipinski definition) is 5. The Morgan fingerprint density at radius 3 is 2.43 bits per heavy atom. The zero-order valence-corrected chi connectivity index (χ0v) is 17.5. The summed E-state index contributed by atoms with van der Waals surface area (Å²) in [5, 5.41) is 0.883. The molecule has 146 valence electrons. The topological polar surface area (TPSA) is 59.5 Å². The quantitative estimate of drug-likeness (QED) is 0.509. The van der Waals surface area contributed by atoms with Gasteiger partial charge in [-0.3, -0.25) is 0 Å². The molecule has 0 spiro atoms. The molecule has 0 unspecified atom stereocenters. The van der Waals surface area contributed by atoms with Crippen LogP contribution in [0.2, 0.25) is 0 Å². The fraction of sp³-hybridized carbons (Fsp3) is 0.190. The van der Waals surface area contributed by atoms with E-state index < -0.39 is 10.0 Å². The number of nitrogens with zero attached hydrogens (tertiary/aromatic N) is 2. The second-order valence-corrected chi connectivity index (χ2v) is 9.18. The van der Waals surface area contributed by atoms with Crippen LogP contribution in [0.1, 0.15) is 10.6 Å². The molecule has 0 amide bonds. The summed E-state index contributed by atoms with van der Waals surface area (Å²) in [6.07, 6.45) is 1.59. The van der Waals surface area contributed by atoms with E-state index in [0.29, 0.717) is 5.75 Å². The molecule has 0 bridgehead atoms. The van der Waals surface area contributed by atoms with E-state index in [1.165, 1.54) is 15.6 Å². The number of benzene rings is 2. The molecule has 2 aromatic carbocycles. The lowest BCUT2D eigenvalue weighted by Gasteiger charge is -2.20. The van der Waals surface area contributed by atoms with Gasteiger partial charge < -0.3 is 4.74 Å². The van der Waals surface area contributed by atoms with Crippen LogP contribution < -0.4 is 4.74 Å². The molecule has 0 radical (unpaired) electrons.